The van der Waals surface area contributed by atoms with E-state index in [-0.39, 0.29) is 6.10 Å². The molecule has 1 fully saturated rings. The summed E-state index contributed by atoms with van der Waals surface area (Å²) in [4.78, 5) is 13.4. The van der Waals surface area contributed by atoms with Crippen molar-refractivity contribution in [2.45, 2.75) is 25.9 Å². The molecule has 0 bridgehead atoms. The van der Waals surface area contributed by atoms with Crippen molar-refractivity contribution in [1.82, 2.24) is 0 Å². The topological polar surface area (TPSA) is 59.0 Å². The van der Waals surface area contributed by atoms with E-state index < -0.39 is 5.97 Å². The molecular weight excluding hydrogens is 258 g/mol. The lowest BCUT2D eigenvalue weighted by Gasteiger charge is -2.34. The van der Waals surface area contributed by atoms with Gasteiger partial charge >= 0.3 is 5.97 Å². The zero-order chi connectivity index (χ0) is 14.5. The maximum atomic E-state index is 11.3. The summed E-state index contributed by atoms with van der Waals surface area (Å²) < 4.78 is 10.8. The predicted molar refractivity (Wildman–Crippen MR) is 76.8 cm³/mol. The summed E-state index contributed by atoms with van der Waals surface area (Å²) in [5, 5.41) is 9.30. The van der Waals surface area contributed by atoms with Gasteiger partial charge in [0.25, 0.3) is 0 Å². The van der Waals surface area contributed by atoms with E-state index in [1.165, 1.54) is 0 Å². The van der Waals surface area contributed by atoms with Crippen LogP contribution >= 0.6 is 0 Å². The molecule has 0 unspecified atom stereocenters. The summed E-state index contributed by atoms with van der Waals surface area (Å²) in [7, 11) is 1.58. The second-order valence-electron chi connectivity index (χ2n) is 4.83. The number of rotatable bonds is 5. The van der Waals surface area contributed by atoms with Gasteiger partial charge in [-0.3, -0.25) is 0 Å². The number of aromatic carboxylic acids is 1. The van der Waals surface area contributed by atoms with Crippen molar-refractivity contribution in [3.8, 4) is 5.75 Å². The van der Waals surface area contributed by atoms with Gasteiger partial charge in [-0.1, -0.05) is 0 Å². The normalized spacial score (nSPS) is 16.2. The van der Waals surface area contributed by atoms with E-state index in [0.717, 1.165) is 38.2 Å². The lowest BCUT2D eigenvalue weighted by molar-refractivity contribution is 0.0459. The third-order valence-electron chi connectivity index (χ3n) is 3.62. The van der Waals surface area contributed by atoms with Gasteiger partial charge in [0.05, 0.1) is 24.5 Å². The molecule has 1 aliphatic rings. The van der Waals surface area contributed by atoms with Crippen LogP contribution in [-0.4, -0.2) is 44.0 Å². The number of anilines is 1. The van der Waals surface area contributed by atoms with E-state index in [9.17, 15) is 9.90 Å². The van der Waals surface area contributed by atoms with Crippen LogP contribution in [0, 0.1) is 0 Å². The maximum absolute atomic E-state index is 11.3. The number of piperidine rings is 1. The highest BCUT2D eigenvalue weighted by Gasteiger charge is 2.23. The van der Waals surface area contributed by atoms with Crippen LogP contribution in [0.15, 0.2) is 18.2 Å². The van der Waals surface area contributed by atoms with Crippen molar-refractivity contribution in [1.29, 1.82) is 0 Å². The van der Waals surface area contributed by atoms with Crippen molar-refractivity contribution in [3.63, 3.8) is 0 Å². The Hall–Kier alpha value is -1.75. The Kier molecular flexibility index (Phi) is 4.84. The number of methoxy groups -OCH3 is 1. The zero-order valence-corrected chi connectivity index (χ0v) is 12.0. The van der Waals surface area contributed by atoms with Crippen LogP contribution in [-0.2, 0) is 4.74 Å². The first-order valence-electron chi connectivity index (χ1n) is 6.93. The number of carbonyl (C=O) groups is 1. The molecule has 5 heteroatoms. The summed E-state index contributed by atoms with van der Waals surface area (Å²) in [6.45, 7) is 4.33. The first-order chi connectivity index (χ1) is 9.65. The number of hydrogen-bond acceptors (Lipinski definition) is 4. The molecule has 0 spiro atoms. The van der Waals surface area contributed by atoms with Crippen molar-refractivity contribution in [3.05, 3.63) is 23.8 Å². The molecule has 2 rings (SSSR count). The van der Waals surface area contributed by atoms with Crippen molar-refractivity contribution in [2.24, 2.45) is 0 Å². The third kappa shape index (κ3) is 3.22. The number of carboxylic acid groups (broad SMARTS) is 1. The van der Waals surface area contributed by atoms with E-state index >= 15 is 0 Å². The highest BCUT2D eigenvalue weighted by molar-refractivity contribution is 5.94. The Morgan fingerprint density at radius 3 is 2.65 bits per heavy atom. The molecule has 20 heavy (non-hydrogen) atoms. The molecule has 0 radical (unpaired) electrons. The third-order valence-corrected chi connectivity index (χ3v) is 3.62. The monoisotopic (exact) mass is 279 g/mol. The Morgan fingerprint density at radius 2 is 2.10 bits per heavy atom. The molecule has 1 aliphatic heterocycles. The lowest BCUT2D eigenvalue weighted by Crippen LogP contribution is -2.37. The molecule has 110 valence electrons. The predicted octanol–water partition coefficient (Wildman–Crippen LogP) is 2.40. The Bertz CT molecular complexity index is 467. The minimum absolute atomic E-state index is 0.287. The van der Waals surface area contributed by atoms with E-state index in [0.29, 0.717) is 11.3 Å². The molecule has 0 atom stereocenters. The summed E-state index contributed by atoms with van der Waals surface area (Å²) in [6.07, 6.45) is 2.13. The van der Waals surface area contributed by atoms with Crippen LogP contribution in [0.2, 0.25) is 0 Å². The van der Waals surface area contributed by atoms with Gasteiger partial charge in [-0.25, -0.2) is 4.79 Å². The molecular formula is C15H21NO4. The van der Waals surface area contributed by atoms with Crippen molar-refractivity contribution in [2.75, 3.05) is 31.7 Å². The summed E-state index contributed by atoms with van der Waals surface area (Å²) in [5.74, 6) is -0.230. The van der Waals surface area contributed by atoms with Crippen molar-refractivity contribution < 1.29 is 19.4 Å². The number of carboxylic acids is 1. The fourth-order valence-electron chi connectivity index (χ4n) is 2.58. The highest BCUT2D eigenvalue weighted by atomic mass is 16.5. The SMILES string of the molecule is CCOC1CCN(c2cc(OC)ccc2C(=O)O)CC1. The number of hydrogen-bond donors (Lipinski definition) is 1. The Morgan fingerprint density at radius 1 is 1.40 bits per heavy atom. The van der Waals surface area contributed by atoms with Crippen LogP contribution in [0.4, 0.5) is 5.69 Å². The second kappa shape index (κ2) is 6.61. The first kappa shape index (κ1) is 14.7. The van der Waals surface area contributed by atoms with E-state index in [4.69, 9.17) is 9.47 Å². The molecule has 0 aromatic heterocycles. The molecule has 1 saturated heterocycles. The maximum Gasteiger partial charge on any atom is 0.337 e. The molecule has 0 aliphatic carbocycles. The molecule has 1 heterocycles. The van der Waals surface area contributed by atoms with Gasteiger partial charge in [-0.2, -0.15) is 0 Å². The number of benzene rings is 1. The first-order valence-corrected chi connectivity index (χ1v) is 6.93. The van der Waals surface area contributed by atoms with Crippen LogP contribution in [0.3, 0.4) is 0 Å². The van der Waals surface area contributed by atoms with E-state index in [1.54, 1.807) is 25.3 Å². The van der Waals surface area contributed by atoms with E-state index in [2.05, 4.69) is 4.90 Å². The van der Waals surface area contributed by atoms with E-state index in [1.807, 2.05) is 6.92 Å². The van der Waals surface area contributed by atoms with Gasteiger partial charge in [0, 0.05) is 25.8 Å². The van der Waals surface area contributed by atoms with Gasteiger partial charge < -0.3 is 19.5 Å². The Balaban J connectivity index is 2.17. The fourth-order valence-corrected chi connectivity index (χ4v) is 2.58. The zero-order valence-electron chi connectivity index (χ0n) is 12.0. The number of ether oxygens (including phenoxy) is 2. The minimum Gasteiger partial charge on any atom is -0.497 e. The lowest BCUT2D eigenvalue weighted by atomic mass is 10.0. The molecule has 1 N–H and O–H groups in total. The standard InChI is InChI=1S/C15H21NO4/c1-3-20-11-6-8-16(9-7-11)14-10-12(19-2)4-5-13(14)15(17)18/h4-5,10-11H,3,6-9H2,1-2H3,(H,17,18). The molecule has 0 saturated carbocycles. The summed E-state index contributed by atoms with van der Waals surface area (Å²) in [6, 6.07) is 5.08. The molecule has 1 aromatic carbocycles. The van der Waals surface area contributed by atoms with Gasteiger partial charge in [0.15, 0.2) is 0 Å². The summed E-state index contributed by atoms with van der Waals surface area (Å²) in [5.41, 5.74) is 1.05. The largest absolute Gasteiger partial charge is 0.497 e. The fraction of sp³-hybridized carbons (Fsp3) is 0.533. The van der Waals surface area contributed by atoms with Gasteiger partial charge in [0.1, 0.15) is 5.75 Å². The quantitative estimate of drug-likeness (QED) is 0.897. The average Bonchev–Trinajstić information content (AvgIpc) is 2.47. The van der Waals surface area contributed by atoms with Gasteiger partial charge in [0.2, 0.25) is 0 Å². The van der Waals surface area contributed by atoms with Crippen LogP contribution < -0.4 is 9.64 Å². The van der Waals surface area contributed by atoms with Gasteiger partial charge in [-0.15, -0.1) is 0 Å². The molecule has 1 aromatic rings. The average molecular weight is 279 g/mol. The smallest absolute Gasteiger partial charge is 0.337 e. The molecule has 0 amide bonds. The van der Waals surface area contributed by atoms with Crippen molar-refractivity contribution >= 4 is 11.7 Å². The second-order valence-corrected chi connectivity index (χ2v) is 4.83. The Labute approximate surface area is 119 Å². The molecule has 5 nitrogen and oxygen atoms in total. The van der Waals surface area contributed by atoms with Crippen LogP contribution in [0.1, 0.15) is 30.1 Å². The minimum atomic E-state index is -0.908. The highest BCUT2D eigenvalue weighted by Crippen LogP contribution is 2.29. The van der Waals surface area contributed by atoms with Crippen LogP contribution in [0.5, 0.6) is 5.75 Å². The van der Waals surface area contributed by atoms with Gasteiger partial charge in [-0.05, 0) is 31.9 Å². The van der Waals surface area contributed by atoms with Crippen LogP contribution in [0.25, 0.3) is 0 Å². The number of nitrogens with zero attached hydrogens (tertiary/aromatic N) is 1. The summed E-state index contributed by atoms with van der Waals surface area (Å²) >= 11 is 0.